The molecule has 0 saturated heterocycles. The minimum absolute atomic E-state index is 0.0899. The first kappa shape index (κ1) is 18.4. The Balaban J connectivity index is 1.31. The van der Waals surface area contributed by atoms with Gasteiger partial charge in [-0.25, -0.2) is 4.98 Å². The molecule has 1 amide bonds. The number of anilines is 2. The van der Waals surface area contributed by atoms with E-state index < -0.39 is 0 Å². The fourth-order valence-corrected chi connectivity index (χ4v) is 4.74. The van der Waals surface area contributed by atoms with E-state index in [0.29, 0.717) is 11.2 Å². The molecule has 0 atom stereocenters. The first-order chi connectivity index (χ1) is 13.1. The molecule has 1 aliphatic rings. The second-order valence-corrected chi connectivity index (χ2v) is 9.52. The summed E-state index contributed by atoms with van der Waals surface area (Å²) in [5.41, 5.74) is 4.43. The van der Waals surface area contributed by atoms with Crippen molar-refractivity contribution in [1.82, 2.24) is 15.2 Å². The topological polar surface area (TPSA) is 79.8 Å². The monoisotopic (exact) mass is 417 g/mol. The summed E-state index contributed by atoms with van der Waals surface area (Å²) in [5, 5.41) is 17.8. The maximum absolute atomic E-state index is 12.2. The summed E-state index contributed by atoms with van der Waals surface area (Å²) in [4.78, 5) is 16.7. The van der Waals surface area contributed by atoms with E-state index in [9.17, 15) is 4.79 Å². The van der Waals surface area contributed by atoms with E-state index in [2.05, 4.69) is 57.9 Å². The molecular formula is C18H19N5OS3. The third-order valence-corrected chi connectivity index (χ3v) is 6.94. The second kappa shape index (κ2) is 7.95. The number of rotatable bonds is 7. The van der Waals surface area contributed by atoms with E-state index in [-0.39, 0.29) is 11.7 Å². The minimum Gasteiger partial charge on any atom is -0.357 e. The number of hydrogen-bond donors (Lipinski definition) is 2. The smallest absolute Gasteiger partial charge is 0.236 e. The average Bonchev–Trinajstić information content (AvgIpc) is 3.15. The van der Waals surface area contributed by atoms with Crippen LogP contribution in [0.25, 0.3) is 11.3 Å². The number of thioether (sulfide) groups is 1. The Labute approximate surface area is 169 Å². The molecule has 1 aromatic carbocycles. The number of aromatic nitrogens is 3. The molecule has 6 nitrogen and oxygen atoms in total. The number of nitrogens with one attached hydrogen (secondary N) is 2. The summed E-state index contributed by atoms with van der Waals surface area (Å²) in [7, 11) is 0. The molecule has 2 N–H and O–H groups in total. The Kier molecular flexibility index (Phi) is 5.42. The number of nitrogens with zero attached hydrogens (tertiary/aromatic N) is 3. The quantitative estimate of drug-likeness (QED) is 0.548. The Morgan fingerprint density at radius 2 is 2.07 bits per heavy atom. The van der Waals surface area contributed by atoms with Gasteiger partial charge in [0, 0.05) is 17.0 Å². The molecule has 0 radical (unpaired) electrons. The van der Waals surface area contributed by atoms with E-state index in [1.54, 1.807) is 0 Å². The van der Waals surface area contributed by atoms with E-state index >= 15 is 0 Å². The Bertz CT molecular complexity index is 964. The molecule has 2 aromatic heterocycles. The predicted molar refractivity (Wildman–Crippen MR) is 113 cm³/mol. The Morgan fingerprint density at radius 3 is 2.85 bits per heavy atom. The van der Waals surface area contributed by atoms with Crippen molar-refractivity contribution in [2.75, 3.05) is 16.4 Å². The average molecular weight is 418 g/mol. The molecule has 2 heterocycles. The lowest BCUT2D eigenvalue weighted by atomic mass is 10.1. The summed E-state index contributed by atoms with van der Waals surface area (Å²) >= 11 is 4.32. The van der Waals surface area contributed by atoms with Crippen molar-refractivity contribution in [3.8, 4) is 11.3 Å². The highest BCUT2D eigenvalue weighted by molar-refractivity contribution is 8.01. The fraction of sp³-hybridized carbons (Fsp3) is 0.333. The molecule has 9 heteroatoms. The van der Waals surface area contributed by atoms with Crippen LogP contribution in [0.15, 0.2) is 27.9 Å². The maximum Gasteiger partial charge on any atom is 0.236 e. The van der Waals surface area contributed by atoms with Gasteiger partial charge in [-0.15, -0.1) is 21.5 Å². The van der Waals surface area contributed by atoms with Crippen LogP contribution in [0.2, 0.25) is 0 Å². The van der Waals surface area contributed by atoms with Gasteiger partial charge in [0.2, 0.25) is 11.0 Å². The summed E-state index contributed by atoms with van der Waals surface area (Å²) in [6.07, 6.45) is 2.39. The fourth-order valence-electron chi connectivity index (χ4n) is 2.38. The zero-order chi connectivity index (χ0) is 18.8. The normalized spacial score (nSPS) is 13.6. The van der Waals surface area contributed by atoms with E-state index in [1.807, 2.05) is 5.38 Å². The van der Waals surface area contributed by atoms with Gasteiger partial charge in [-0.3, -0.25) is 4.79 Å². The largest absolute Gasteiger partial charge is 0.357 e. The first-order valence-electron chi connectivity index (χ1n) is 8.62. The van der Waals surface area contributed by atoms with Gasteiger partial charge in [0.05, 0.1) is 11.4 Å². The van der Waals surface area contributed by atoms with Gasteiger partial charge in [-0.05, 0) is 43.9 Å². The van der Waals surface area contributed by atoms with Crippen molar-refractivity contribution in [3.05, 3.63) is 34.7 Å². The number of hydrogen-bond acceptors (Lipinski definition) is 8. The van der Waals surface area contributed by atoms with Crippen LogP contribution < -0.4 is 10.6 Å². The molecular weight excluding hydrogens is 398 g/mol. The lowest BCUT2D eigenvalue weighted by Gasteiger charge is -2.02. The number of carbonyl (C=O) groups is 1. The minimum atomic E-state index is -0.0899. The van der Waals surface area contributed by atoms with Crippen LogP contribution in [0.4, 0.5) is 10.3 Å². The van der Waals surface area contributed by atoms with E-state index in [4.69, 9.17) is 0 Å². The lowest BCUT2D eigenvalue weighted by molar-refractivity contribution is -0.113. The highest BCUT2D eigenvalue weighted by Gasteiger charge is 2.22. The second-order valence-electron chi connectivity index (χ2n) is 6.47. The van der Waals surface area contributed by atoms with Crippen LogP contribution in [0, 0.1) is 13.8 Å². The zero-order valence-electron chi connectivity index (χ0n) is 15.0. The SMILES string of the molecule is Cc1ccc(-c2csc(NC(=O)CSc3nnc(NC4CC4)s3)n2)cc1C. The van der Waals surface area contributed by atoms with Gasteiger partial charge in [0.15, 0.2) is 9.47 Å². The van der Waals surface area contributed by atoms with Gasteiger partial charge in [-0.2, -0.15) is 0 Å². The molecule has 0 aliphatic heterocycles. The standard InChI is InChI=1S/C18H19N5OS3/c1-10-3-4-12(7-11(10)2)14-8-25-16(20-14)21-15(24)9-26-18-23-22-17(27-18)19-13-5-6-13/h3-4,7-8,13H,5-6,9H2,1-2H3,(H,19,22)(H,20,21,24). The predicted octanol–water partition coefficient (Wildman–Crippen LogP) is 4.58. The highest BCUT2D eigenvalue weighted by Crippen LogP contribution is 2.30. The van der Waals surface area contributed by atoms with Crippen LogP contribution in [-0.2, 0) is 4.79 Å². The summed E-state index contributed by atoms with van der Waals surface area (Å²) in [6, 6.07) is 6.82. The van der Waals surface area contributed by atoms with E-state index in [0.717, 1.165) is 20.7 Å². The van der Waals surface area contributed by atoms with Crippen molar-refractivity contribution in [2.24, 2.45) is 0 Å². The van der Waals surface area contributed by atoms with Crippen LogP contribution >= 0.6 is 34.4 Å². The number of carbonyl (C=O) groups excluding carboxylic acids is 1. The summed E-state index contributed by atoms with van der Waals surface area (Å²) in [6.45, 7) is 4.18. The summed E-state index contributed by atoms with van der Waals surface area (Å²) < 4.78 is 0.795. The Hall–Kier alpha value is -1.97. The third-order valence-electron chi connectivity index (χ3n) is 4.19. The molecule has 140 valence electrons. The molecule has 3 aromatic rings. The molecule has 0 bridgehead atoms. The molecule has 0 spiro atoms. The molecule has 4 rings (SSSR count). The van der Waals surface area contributed by atoms with Gasteiger partial charge in [-0.1, -0.05) is 35.2 Å². The molecule has 1 fully saturated rings. The number of benzene rings is 1. The van der Waals surface area contributed by atoms with Crippen LogP contribution in [0.3, 0.4) is 0 Å². The summed E-state index contributed by atoms with van der Waals surface area (Å²) in [5.74, 6) is 0.198. The van der Waals surface area contributed by atoms with Gasteiger partial charge >= 0.3 is 0 Å². The van der Waals surface area contributed by atoms with Crippen molar-refractivity contribution in [1.29, 1.82) is 0 Å². The molecule has 1 aliphatic carbocycles. The van der Waals surface area contributed by atoms with Gasteiger partial charge in [0.25, 0.3) is 0 Å². The molecule has 0 unspecified atom stereocenters. The lowest BCUT2D eigenvalue weighted by Crippen LogP contribution is -2.13. The first-order valence-corrected chi connectivity index (χ1v) is 11.3. The number of thiazole rings is 1. The van der Waals surface area contributed by atoms with Crippen LogP contribution in [0.5, 0.6) is 0 Å². The van der Waals surface area contributed by atoms with Crippen molar-refractivity contribution in [3.63, 3.8) is 0 Å². The molecule has 1 saturated carbocycles. The highest BCUT2D eigenvalue weighted by atomic mass is 32.2. The Morgan fingerprint density at radius 1 is 1.22 bits per heavy atom. The number of amides is 1. The van der Waals surface area contributed by atoms with Gasteiger partial charge in [0.1, 0.15) is 0 Å². The van der Waals surface area contributed by atoms with Crippen molar-refractivity contribution >= 4 is 50.6 Å². The third kappa shape index (κ3) is 4.85. The molecule has 27 heavy (non-hydrogen) atoms. The van der Waals surface area contributed by atoms with Gasteiger partial charge < -0.3 is 10.6 Å². The van der Waals surface area contributed by atoms with Crippen LogP contribution in [-0.4, -0.2) is 32.9 Å². The number of aryl methyl sites for hydroxylation is 2. The maximum atomic E-state index is 12.2. The van der Waals surface area contributed by atoms with E-state index in [1.165, 1.54) is 58.4 Å². The zero-order valence-corrected chi connectivity index (χ0v) is 17.4. The van der Waals surface area contributed by atoms with Crippen LogP contribution in [0.1, 0.15) is 24.0 Å². The van der Waals surface area contributed by atoms with Crippen molar-refractivity contribution < 1.29 is 4.79 Å². The van der Waals surface area contributed by atoms with Crippen molar-refractivity contribution in [2.45, 2.75) is 37.1 Å².